The van der Waals surface area contributed by atoms with Crippen molar-refractivity contribution in [2.45, 2.75) is 30.6 Å². The summed E-state index contributed by atoms with van der Waals surface area (Å²) in [5, 5.41) is 2.08. The monoisotopic (exact) mass is 418 g/mol. The molecule has 0 N–H and O–H groups in total. The summed E-state index contributed by atoms with van der Waals surface area (Å²) < 4.78 is 0. The van der Waals surface area contributed by atoms with E-state index in [-0.39, 0.29) is 10.2 Å². The molecule has 0 saturated heterocycles. The lowest BCUT2D eigenvalue weighted by Gasteiger charge is -2.13. The summed E-state index contributed by atoms with van der Waals surface area (Å²) in [7, 11) is 0. The Morgan fingerprint density at radius 2 is 1.31 bits per heavy atom. The highest BCUT2D eigenvalue weighted by Crippen LogP contribution is 2.37. The van der Waals surface area contributed by atoms with Gasteiger partial charge in [-0.3, -0.25) is 9.59 Å². The number of hydrogen-bond acceptors (Lipinski definition) is 4. The molecule has 3 aromatic carbocycles. The van der Waals surface area contributed by atoms with Crippen LogP contribution < -0.4 is 0 Å². The molecule has 0 spiro atoms. The van der Waals surface area contributed by atoms with E-state index in [4.69, 9.17) is 0 Å². The third-order valence-corrected chi connectivity index (χ3v) is 6.79. The van der Waals surface area contributed by atoms with Crippen molar-refractivity contribution >= 4 is 44.5 Å². The first-order valence-electron chi connectivity index (χ1n) is 9.16. The Bertz CT molecular complexity index is 1160. The van der Waals surface area contributed by atoms with Crippen LogP contribution in [0.5, 0.6) is 0 Å². The second-order valence-electron chi connectivity index (χ2n) is 6.98. The van der Waals surface area contributed by atoms with Crippen molar-refractivity contribution in [2.75, 3.05) is 0 Å². The maximum Gasteiger partial charge on any atom is 0.219 e. The first kappa shape index (κ1) is 21.2. The molecule has 2 nitrogen and oxygen atoms in total. The van der Waals surface area contributed by atoms with Crippen molar-refractivity contribution in [3.05, 3.63) is 84.5 Å². The van der Waals surface area contributed by atoms with Crippen LogP contribution in [-0.4, -0.2) is 10.2 Å². The molecule has 0 amide bonds. The zero-order valence-electron chi connectivity index (χ0n) is 16.7. The fraction of sp³-hybridized carbons (Fsp3) is 0.120. The summed E-state index contributed by atoms with van der Waals surface area (Å²) in [5.41, 5.74) is 4.30. The smallest absolute Gasteiger partial charge is 0.219 e. The summed E-state index contributed by atoms with van der Waals surface area (Å²) in [5.74, 6) is 0. The number of benzene rings is 3. The van der Waals surface area contributed by atoms with E-state index in [1.165, 1.54) is 23.5 Å². The van der Waals surface area contributed by atoms with Crippen molar-refractivity contribution < 1.29 is 9.59 Å². The van der Waals surface area contributed by atoms with Gasteiger partial charge in [-0.1, -0.05) is 55.6 Å². The van der Waals surface area contributed by atoms with Gasteiger partial charge in [0.25, 0.3) is 0 Å². The average Bonchev–Trinajstić information content (AvgIpc) is 2.69. The van der Waals surface area contributed by atoms with E-state index in [0.29, 0.717) is 11.1 Å². The van der Waals surface area contributed by atoms with E-state index in [2.05, 4.69) is 31.4 Å². The van der Waals surface area contributed by atoms with E-state index in [1.54, 1.807) is 13.8 Å². The first-order valence-corrected chi connectivity index (χ1v) is 10.8. The number of thioether (sulfide) groups is 2. The molecular weight excluding hydrogens is 396 g/mol. The van der Waals surface area contributed by atoms with Gasteiger partial charge in [-0.05, 0) is 95.0 Å². The van der Waals surface area contributed by atoms with Crippen molar-refractivity contribution in [1.29, 1.82) is 0 Å². The van der Waals surface area contributed by atoms with Crippen LogP contribution in [0.25, 0.3) is 21.9 Å². The van der Waals surface area contributed by atoms with Crippen LogP contribution in [0, 0.1) is 6.92 Å². The molecule has 29 heavy (non-hydrogen) atoms. The van der Waals surface area contributed by atoms with Gasteiger partial charge >= 0.3 is 0 Å². The number of fused-ring (bicyclic) bond motifs is 1. The standard InChI is InChI=1S/C25H22O2S2/c1-15(2)24(26)28-22-12-10-18(14-17(22)5)19-11-13-23(29-25(27)16(3)4)21-9-7-6-8-20(19)21/h6-14H,1,3H2,2,4-5H3. The zero-order valence-corrected chi connectivity index (χ0v) is 18.4. The normalized spacial score (nSPS) is 10.7. The topological polar surface area (TPSA) is 34.1 Å². The minimum absolute atomic E-state index is 0.0187. The number of carbonyl (C=O) groups excluding carboxylic acids is 2. The summed E-state index contributed by atoms with van der Waals surface area (Å²) in [6.07, 6.45) is 0. The van der Waals surface area contributed by atoms with Gasteiger partial charge in [0.15, 0.2) is 0 Å². The predicted molar refractivity (Wildman–Crippen MR) is 125 cm³/mol. The van der Waals surface area contributed by atoms with Gasteiger partial charge < -0.3 is 0 Å². The number of aryl methyl sites for hydroxylation is 1. The first-order chi connectivity index (χ1) is 13.8. The Labute approximate surface area is 180 Å². The van der Waals surface area contributed by atoms with Gasteiger partial charge in [-0.25, -0.2) is 0 Å². The molecule has 0 saturated carbocycles. The Morgan fingerprint density at radius 3 is 1.90 bits per heavy atom. The second-order valence-corrected chi connectivity index (χ2v) is 9.01. The minimum atomic E-state index is -0.0256. The third-order valence-electron chi connectivity index (χ3n) is 4.47. The molecule has 0 aliphatic heterocycles. The van der Waals surface area contributed by atoms with Gasteiger partial charge in [0.2, 0.25) is 10.2 Å². The second kappa shape index (κ2) is 8.85. The lowest BCUT2D eigenvalue weighted by molar-refractivity contribution is -0.108. The molecule has 0 radical (unpaired) electrons. The molecular formula is C25H22O2S2. The maximum atomic E-state index is 12.2. The maximum absolute atomic E-state index is 12.2. The molecule has 3 aromatic rings. The van der Waals surface area contributed by atoms with Crippen molar-refractivity contribution in [3.8, 4) is 11.1 Å². The van der Waals surface area contributed by atoms with E-state index in [1.807, 2.05) is 43.3 Å². The lowest BCUT2D eigenvalue weighted by atomic mass is 9.97. The van der Waals surface area contributed by atoms with Crippen LogP contribution in [0.2, 0.25) is 0 Å². The fourth-order valence-corrected chi connectivity index (χ4v) is 4.45. The van der Waals surface area contributed by atoms with Gasteiger partial charge in [-0.15, -0.1) is 0 Å². The van der Waals surface area contributed by atoms with Crippen LogP contribution in [0.1, 0.15) is 19.4 Å². The predicted octanol–water partition coefficient (Wildman–Crippen LogP) is 7.20. The Balaban J connectivity index is 2.04. The molecule has 4 heteroatoms. The van der Waals surface area contributed by atoms with Crippen LogP contribution in [-0.2, 0) is 9.59 Å². The Kier molecular flexibility index (Phi) is 6.46. The van der Waals surface area contributed by atoms with Crippen LogP contribution in [0.4, 0.5) is 0 Å². The summed E-state index contributed by atoms with van der Waals surface area (Å²) >= 11 is 2.42. The molecule has 0 unspecified atom stereocenters. The fourth-order valence-electron chi connectivity index (χ4n) is 2.92. The van der Waals surface area contributed by atoms with Gasteiger partial charge in [-0.2, -0.15) is 0 Å². The highest BCUT2D eigenvalue weighted by molar-refractivity contribution is 8.14. The van der Waals surface area contributed by atoms with Crippen LogP contribution >= 0.6 is 23.5 Å². The highest BCUT2D eigenvalue weighted by atomic mass is 32.2. The molecule has 0 heterocycles. The van der Waals surface area contributed by atoms with E-state index >= 15 is 0 Å². The average molecular weight is 419 g/mol. The Morgan fingerprint density at radius 1 is 0.759 bits per heavy atom. The largest absolute Gasteiger partial charge is 0.282 e. The lowest BCUT2D eigenvalue weighted by Crippen LogP contribution is -1.94. The molecule has 0 aliphatic rings. The molecule has 0 aliphatic carbocycles. The third kappa shape index (κ3) is 4.72. The molecule has 0 bridgehead atoms. The van der Waals surface area contributed by atoms with E-state index < -0.39 is 0 Å². The van der Waals surface area contributed by atoms with Gasteiger partial charge in [0, 0.05) is 9.79 Å². The molecule has 146 valence electrons. The quantitative estimate of drug-likeness (QED) is 0.324. The van der Waals surface area contributed by atoms with Crippen molar-refractivity contribution in [1.82, 2.24) is 0 Å². The van der Waals surface area contributed by atoms with Gasteiger partial charge in [0.1, 0.15) is 0 Å². The molecule has 3 rings (SSSR count). The molecule has 0 aromatic heterocycles. The summed E-state index contributed by atoms with van der Waals surface area (Å²) in [6, 6.07) is 18.3. The van der Waals surface area contributed by atoms with Crippen molar-refractivity contribution in [3.63, 3.8) is 0 Å². The van der Waals surface area contributed by atoms with E-state index in [9.17, 15) is 9.59 Å². The summed E-state index contributed by atoms with van der Waals surface area (Å²) in [4.78, 5) is 26.0. The SMILES string of the molecule is C=C(C)C(=O)Sc1ccc(-c2ccc(SC(=O)C(=C)C)c3ccccc23)cc1C. The number of rotatable bonds is 5. The molecule has 0 fully saturated rings. The zero-order chi connectivity index (χ0) is 21.1. The number of hydrogen-bond donors (Lipinski definition) is 0. The van der Waals surface area contributed by atoms with Gasteiger partial charge in [0.05, 0.1) is 0 Å². The molecule has 0 atom stereocenters. The van der Waals surface area contributed by atoms with Crippen molar-refractivity contribution in [2.24, 2.45) is 0 Å². The van der Waals surface area contributed by atoms with E-state index in [0.717, 1.165) is 37.3 Å². The Hall–Kier alpha value is -2.56. The number of carbonyl (C=O) groups is 2. The minimum Gasteiger partial charge on any atom is -0.282 e. The van der Waals surface area contributed by atoms with Crippen LogP contribution in [0.15, 0.2) is 88.7 Å². The summed E-state index contributed by atoms with van der Waals surface area (Å²) in [6.45, 7) is 12.9. The highest BCUT2D eigenvalue weighted by Gasteiger charge is 2.13. The van der Waals surface area contributed by atoms with Crippen LogP contribution in [0.3, 0.4) is 0 Å².